The van der Waals surface area contributed by atoms with Gasteiger partial charge >= 0.3 is 0 Å². The van der Waals surface area contributed by atoms with E-state index in [1.54, 1.807) is 0 Å². The molecule has 1 aliphatic rings. The number of nitrogens with zero attached hydrogens (tertiary/aromatic N) is 1. The first kappa shape index (κ1) is 13.0. The normalized spacial score (nSPS) is 17.8. The Morgan fingerprint density at radius 3 is 3.05 bits per heavy atom. The fourth-order valence-corrected chi connectivity index (χ4v) is 3.01. The maximum absolute atomic E-state index is 6.13. The van der Waals surface area contributed by atoms with Crippen molar-refractivity contribution in [2.24, 2.45) is 0 Å². The van der Waals surface area contributed by atoms with Crippen molar-refractivity contribution in [1.29, 1.82) is 0 Å². The number of hydrogen-bond donors (Lipinski definition) is 2. The van der Waals surface area contributed by atoms with Crippen molar-refractivity contribution in [2.75, 3.05) is 26.2 Å². The Hall–Kier alpha value is -1.03. The molecule has 3 rings (SSSR count). The van der Waals surface area contributed by atoms with Gasteiger partial charge in [-0.1, -0.05) is 11.6 Å². The zero-order valence-corrected chi connectivity index (χ0v) is 12.1. The topological polar surface area (TPSA) is 31.1 Å². The van der Waals surface area contributed by atoms with Crippen molar-refractivity contribution in [1.82, 2.24) is 15.2 Å². The molecule has 1 fully saturated rings. The number of nitrogens with one attached hydrogen (secondary N) is 2. The van der Waals surface area contributed by atoms with E-state index < -0.39 is 0 Å². The summed E-state index contributed by atoms with van der Waals surface area (Å²) in [7, 11) is 0. The van der Waals surface area contributed by atoms with Crippen molar-refractivity contribution in [3.8, 4) is 0 Å². The standard InChI is InChI=1S/C15H20ClN3/c1-11-14(10-19-7-2-5-17-6-8-19)13-9-12(16)3-4-15(13)18-11/h3-4,9,17-18H,2,5-8,10H2,1H3. The highest BCUT2D eigenvalue weighted by molar-refractivity contribution is 6.31. The molecule has 0 bridgehead atoms. The van der Waals surface area contributed by atoms with Gasteiger partial charge in [-0.25, -0.2) is 0 Å². The fourth-order valence-electron chi connectivity index (χ4n) is 2.84. The van der Waals surface area contributed by atoms with Crippen LogP contribution in [0, 0.1) is 6.92 Å². The highest BCUT2D eigenvalue weighted by Gasteiger charge is 2.14. The second-order valence-corrected chi connectivity index (χ2v) is 5.73. The lowest BCUT2D eigenvalue weighted by Crippen LogP contribution is -2.27. The fraction of sp³-hybridized carbons (Fsp3) is 0.467. The number of fused-ring (bicyclic) bond motifs is 1. The van der Waals surface area contributed by atoms with Crippen LogP contribution in [-0.4, -0.2) is 36.1 Å². The molecule has 19 heavy (non-hydrogen) atoms. The molecular weight excluding hydrogens is 258 g/mol. The molecule has 0 aliphatic carbocycles. The van der Waals surface area contributed by atoms with Gasteiger partial charge in [0.1, 0.15) is 0 Å². The van der Waals surface area contributed by atoms with Crippen LogP contribution in [0.25, 0.3) is 10.9 Å². The number of halogens is 1. The van der Waals surface area contributed by atoms with E-state index in [-0.39, 0.29) is 0 Å². The van der Waals surface area contributed by atoms with Gasteiger partial charge in [0, 0.05) is 41.3 Å². The number of aromatic nitrogens is 1. The minimum Gasteiger partial charge on any atom is -0.358 e. The van der Waals surface area contributed by atoms with Crippen molar-refractivity contribution < 1.29 is 0 Å². The summed E-state index contributed by atoms with van der Waals surface area (Å²) in [6.45, 7) is 7.66. The lowest BCUT2D eigenvalue weighted by atomic mass is 10.1. The molecule has 2 N–H and O–H groups in total. The second kappa shape index (κ2) is 5.53. The molecule has 0 atom stereocenters. The van der Waals surface area contributed by atoms with Crippen molar-refractivity contribution >= 4 is 22.5 Å². The summed E-state index contributed by atoms with van der Waals surface area (Å²) in [6.07, 6.45) is 1.22. The molecular formula is C15H20ClN3. The van der Waals surface area contributed by atoms with E-state index in [0.29, 0.717) is 0 Å². The highest BCUT2D eigenvalue weighted by Crippen LogP contribution is 2.26. The first-order chi connectivity index (χ1) is 9.24. The summed E-state index contributed by atoms with van der Waals surface area (Å²) in [5, 5.41) is 5.52. The van der Waals surface area contributed by atoms with Gasteiger partial charge in [-0.15, -0.1) is 0 Å². The Morgan fingerprint density at radius 1 is 1.26 bits per heavy atom. The summed E-state index contributed by atoms with van der Waals surface area (Å²) in [6, 6.07) is 6.09. The molecule has 0 radical (unpaired) electrons. The lowest BCUT2D eigenvalue weighted by molar-refractivity contribution is 0.285. The van der Waals surface area contributed by atoms with E-state index in [1.165, 1.54) is 35.1 Å². The van der Waals surface area contributed by atoms with Crippen LogP contribution < -0.4 is 5.32 Å². The van der Waals surface area contributed by atoms with E-state index in [2.05, 4.69) is 34.3 Å². The lowest BCUT2D eigenvalue weighted by Gasteiger charge is -2.19. The second-order valence-electron chi connectivity index (χ2n) is 5.30. The summed E-state index contributed by atoms with van der Waals surface area (Å²) in [5.41, 5.74) is 3.83. The summed E-state index contributed by atoms with van der Waals surface area (Å²) >= 11 is 6.13. The van der Waals surface area contributed by atoms with Gasteiger partial charge < -0.3 is 10.3 Å². The van der Waals surface area contributed by atoms with Crippen LogP contribution in [0.1, 0.15) is 17.7 Å². The average molecular weight is 278 g/mol. The van der Waals surface area contributed by atoms with E-state index >= 15 is 0 Å². The SMILES string of the molecule is Cc1[nH]c2ccc(Cl)cc2c1CN1CCCNCC1. The minimum absolute atomic E-state index is 0.810. The number of rotatable bonds is 2. The molecule has 1 aliphatic heterocycles. The Balaban J connectivity index is 1.90. The third kappa shape index (κ3) is 2.78. The molecule has 2 heterocycles. The van der Waals surface area contributed by atoms with E-state index in [1.807, 2.05) is 6.07 Å². The van der Waals surface area contributed by atoms with Crippen molar-refractivity contribution in [3.05, 3.63) is 34.5 Å². The van der Waals surface area contributed by atoms with Crippen LogP contribution >= 0.6 is 11.6 Å². The van der Waals surface area contributed by atoms with Crippen LogP contribution in [0.5, 0.6) is 0 Å². The third-order valence-electron chi connectivity index (χ3n) is 3.90. The van der Waals surface area contributed by atoms with Crippen LogP contribution in [0.15, 0.2) is 18.2 Å². The Labute approximate surface area is 118 Å². The van der Waals surface area contributed by atoms with Crippen molar-refractivity contribution in [2.45, 2.75) is 19.9 Å². The number of benzene rings is 1. The van der Waals surface area contributed by atoms with E-state index in [9.17, 15) is 0 Å². The Morgan fingerprint density at radius 2 is 2.16 bits per heavy atom. The van der Waals surface area contributed by atoms with Crippen LogP contribution in [0.2, 0.25) is 5.02 Å². The maximum Gasteiger partial charge on any atom is 0.0460 e. The highest BCUT2D eigenvalue weighted by atomic mass is 35.5. The number of hydrogen-bond acceptors (Lipinski definition) is 2. The van der Waals surface area contributed by atoms with Gasteiger partial charge in [0.25, 0.3) is 0 Å². The molecule has 0 saturated carbocycles. The molecule has 1 saturated heterocycles. The summed E-state index contributed by atoms with van der Waals surface area (Å²) in [5.74, 6) is 0. The number of aryl methyl sites for hydroxylation is 1. The predicted octanol–water partition coefficient (Wildman–Crippen LogP) is 2.93. The molecule has 1 aromatic carbocycles. The molecule has 102 valence electrons. The Kier molecular flexibility index (Phi) is 3.78. The minimum atomic E-state index is 0.810. The largest absolute Gasteiger partial charge is 0.358 e. The molecule has 1 aromatic heterocycles. The molecule has 2 aromatic rings. The first-order valence-corrected chi connectivity index (χ1v) is 7.31. The van der Waals surface area contributed by atoms with Crippen LogP contribution in [-0.2, 0) is 6.54 Å². The molecule has 0 spiro atoms. The first-order valence-electron chi connectivity index (χ1n) is 6.94. The molecule has 3 nitrogen and oxygen atoms in total. The molecule has 0 unspecified atom stereocenters. The van der Waals surface area contributed by atoms with Gasteiger partial charge in [0.15, 0.2) is 0 Å². The van der Waals surface area contributed by atoms with Crippen LogP contribution in [0.4, 0.5) is 0 Å². The summed E-state index contributed by atoms with van der Waals surface area (Å²) < 4.78 is 0. The summed E-state index contributed by atoms with van der Waals surface area (Å²) in [4.78, 5) is 5.98. The average Bonchev–Trinajstić information content (AvgIpc) is 2.58. The van der Waals surface area contributed by atoms with E-state index in [0.717, 1.165) is 31.2 Å². The molecule has 4 heteroatoms. The molecule has 0 amide bonds. The van der Waals surface area contributed by atoms with Gasteiger partial charge in [-0.05, 0) is 50.2 Å². The van der Waals surface area contributed by atoms with Crippen LogP contribution in [0.3, 0.4) is 0 Å². The number of aromatic amines is 1. The third-order valence-corrected chi connectivity index (χ3v) is 4.13. The monoisotopic (exact) mass is 277 g/mol. The zero-order valence-electron chi connectivity index (χ0n) is 11.3. The predicted molar refractivity (Wildman–Crippen MR) is 80.8 cm³/mol. The van der Waals surface area contributed by atoms with Gasteiger partial charge in [-0.2, -0.15) is 0 Å². The smallest absolute Gasteiger partial charge is 0.0460 e. The van der Waals surface area contributed by atoms with Gasteiger partial charge in [0.05, 0.1) is 0 Å². The van der Waals surface area contributed by atoms with Gasteiger partial charge in [-0.3, -0.25) is 4.90 Å². The zero-order chi connectivity index (χ0) is 13.2. The Bertz CT molecular complexity index is 568. The van der Waals surface area contributed by atoms with Gasteiger partial charge in [0.2, 0.25) is 0 Å². The van der Waals surface area contributed by atoms with Crippen molar-refractivity contribution in [3.63, 3.8) is 0 Å². The quantitative estimate of drug-likeness (QED) is 0.884. The van der Waals surface area contributed by atoms with E-state index in [4.69, 9.17) is 11.6 Å². The maximum atomic E-state index is 6.13. The number of H-pyrrole nitrogens is 1.